The van der Waals surface area contributed by atoms with E-state index in [-0.39, 0.29) is 10.5 Å². The van der Waals surface area contributed by atoms with Gasteiger partial charge in [-0.2, -0.15) is 0 Å². The molecule has 0 unspecified atom stereocenters. The van der Waals surface area contributed by atoms with E-state index < -0.39 is 20.8 Å². The van der Waals surface area contributed by atoms with Gasteiger partial charge in [-0.1, -0.05) is 6.92 Å². The molecule has 1 rings (SSSR count). The highest BCUT2D eigenvalue weighted by molar-refractivity contribution is 8.13. The predicted molar refractivity (Wildman–Crippen MR) is 66.7 cm³/mol. The van der Waals surface area contributed by atoms with E-state index in [1.807, 2.05) is 6.92 Å². The van der Waals surface area contributed by atoms with Gasteiger partial charge < -0.3 is 4.90 Å². The molecule has 0 aliphatic heterocycles. The molecule has 0 heterocycles. The number of carbonyl (C=O) groups is 1. The van der Waals surface area contributed by atoms with Crippen molar-refractivity contribution < 1.29 is 17.6 Å². The first-order valence-corrected chi connectivity index (χ1v) is 7.58. The molecular weight excluding hydrogens is 281 g/mol. The van der Waals surface area contributed by atoms with Gasteiger partial charge in [-0.3, -0.25) is 4.79 Å². The molecule has 0 radical (unpaired) electrons. The van der Waals surface area contributed by atoms with Gasteiger partial charge in [0.2, 0.25) is 0 Å². The Bertz CT molecular complexity index is 559. The number of hydrogen-bond donors (Lipinski definition) is 0. The van der Waals surface area contributed by atoms with Crippen LogP contribution in [0.4, 0.5) is 4.39 Å². The summed E-state index contributed by atoms with van der Waals surface area (Å²) < 4.78 is 35.8. The van der Waals surface area contributed by atoms with Crippen LogP contribution in [0.5, 0.6) is 0 Å². The number of halogens is 2. The largest absolute Gasteiger partial charge is 0.342 e. The molecule has 0 atom stereocenters. The molecule has 1 aromatic carbocycles. The van der Waals surface area contributed by atoms with Crippen LogP contribution >= 0.6 is 10.7 Å². The third kappa shape index (κ3) is 3.43. The van der Waals surface area contributed by atoms with Crippen molar-refractivity contribution in [3.8, 4) is 0 Å². The van der Waals surface area contributed by atoms with Gasteiger partial charge in [-0.25, -0.2) is 12.8 Å². The van der Waals surface area contributed by atoms with Crippen molar-refractivity contribution in [2.45, 2.75) is 18.2 Å². The van der Waals surface area contributed by atoms with E-state index in [4.69, 9.17) is 10.7 Å². The minimum Gasteiger partial charge on any atom is -0.342 e. The van der Waals surface area contributed by atoms with E-state index in [9.17, 15) is 17.6 Å². The lowest BCUT2D eigenvalue weighted by Crippen LogP contribution is -2.28. The van der Waals surface area contributed by atoms with E-state index in [1.165, 1.54) is 11.9 Å². The fourth-order valence-corrected chi connectivity index (χ4v) is 2.24. The van der Waals surface area contributed by atoms with Crippen LogP contribution in [-0.4, -0.2) is 32.8 Å². The molecule has 0 fully saturated rings. The lowest BCUT2D eigenvalue weighted by molar-refractivity contribution is 0.0790. The van der Waals surface area contributed by atoms with Crippen LogP contribution in [0.1, 0.15) is 23.7 Å². The summed E-state index contributed by atoms with van der Waals surface area (Å²) in [4.78, 5) is 12.9. The Morgan fingerprint density at radius 3 is 2.56 bits per heavy atom. The third-order valence-electron chi connectivity index (χ3n) is 2.36. The minimum absolute atomic E-state index is 0.293. The van der Waals surface area contributed by atoms with Crippen molar-refractivity contribution in [2.75, 3.05) is 13.6 Å². The van der Waals surface area contributed by atoms with Crippen molar-refractivity contribution in [1.82, 2.24) is 4.90 Å². The molecule has 0 N–H and O–H groups in total. The van der Waals surface area contributed by atoms with Gasteiger partial charge in [0, 0.05) is 24.3 Å². The van der Waals surface area contributed by atoms with Crippen LogP contribution in [0.2, 0.25) is 0 Å². The highest BCUT2D eigenvalue weighted by Gasteiger charge is 2.19. The second kappa shape index (κ2) is 5.67. The highest BCUT2D eigenvalue weighted by atomic mass is 35.7. The second-order valence-corrected chi connectivity index (χ2v) is 6.37. The Hall–Kier alpha value is -1.14. The monoisotopic (exact) mass is 293 g/mol. The van der Waals surface area contributed by atoms with Gasteiger partial charge >= 0.3 is 0 Å². The predicted octanol–water partition coefficient (Wildman–Crippen LogP) is 2.24. The second-order valence-electron chi connectivity index (χ2n) is 3.81. The number of amides is 1. The fourth-order valence-electron chi connectivity index (χ4n) is 1.46. The van der Waals surface area contributed by atoms with Crippen LogP contribution in [-0.2, 0) is 9.05 Å². The summed E-state index contributed by atoms with van der Waals surface area (Å²) >= 11 is 0. The number of nitrogens with zero attached hydrogens (tertiary/aromatic N) is 1. The summed E-state index contributed by atoms with van der Waals surface area (Å²) in [6.45, 7) is 2.33. The summed E-state index contributed by atoms with van der Waals surface area (Å²) in [5.41, 5.74) is -0.298. The van der Waals surface area contributed by atoms with Gasteiger partial charge in [0.1, 0.15) is 5.82 Å². The normalized spacial score (nSPS) is 11.3. The molecule has 7 heteroatoms. The van der Waals surface area contributed by atoms with Crippen LogP contribution < -0.4 is 0 Å². The van der Waals surface area contributed by atoms with Gasteiger partial charge in [-0.15, -0.1) is 0 Å². The SMILES string of the molecule is CCCN(C)C(=O)c1cc(S(=O)(=O)Cl)ccc1F. The van der Waals surface area contributed by atoms with Crippen LogP contribution in [0.3, 0.4) is 0 Å². The van der Waals surface area contributed by atoms with E-state index in [0.717, 1.165) is 24.6 Å². The summed E-state index contributed by atoms with van der Waals surface area (Å²) in [6, 6.07) is 2.89. The molecule has 0 saturated heterocycles. The first-order chi connectivity index (χ1) is 8.27. The average molecular weight is 294 g/mol. The Morgan fingerprint density at radius 1 is 1.44 bits per heavy atom. The maximum absolute atomic E-state index is 13.5. The zero-order valence-corrected chi connectivity index (χ0v) is 11.6. The number of rotatable bonds is 4. The molecule has 1 amide bonds. The van der Waals surface area contributed by atoms with E-state index >= 15 is 0 Å². The first-order valence-electron chi connectivity index (χ1n) is 5.27. The number of carbonyl (C=O) groups excluding carboxylic acids is 1. The molecule has 0 saturated carbocycles. The van der Waals surface area contributed by atoms with Crippen molar-refractivity contribution >= 4 is 25.6 Å². The zero-order chi connectivity index (χ0) is 13.9. The molecule has 0 bridgehead atoms. The van der Waals surface area contributed by atoms with Crippen molar-refractivity contribution in [2.24, 2.45) is 0 Å². The van der Waals surface area contributed by atoms with Crippen LogP contribution in [0.15, 0.2) is 23.1 Å². The fraction of sp³-hybridized carbons (Fsp3) is 0.364. The zero-order valence-electron chi connectivity index (χ0n) is 9.98. The molecule has 1 aromatic rings. The lowest BCUT2D eigenvalue weighted by Gasteiger charge is -2.16. The van der Waals surface area contributed by atoms with Gasteiger partial charge in [0.15, 0.2) is 0 Å². The van der Waals surface area contributed by atoms with Crippen LogP contribution in [0.25, 0.3) is 0 Å². The standard InChI is InChI=1S/C11H13ClFNO3S/c1-3-6-14(2)11(15)9-7-8(18(12,16)17)4-5-10(9)13/h4-5,7H,3,6H2,1-2H3. The quantitative estimate of drug-likeness (QED) is 0.800. The van der Waals surface area contributed by atoms with E-state index in [2.05, 4.69) is 0 Å². The number of hydrogen-bond acceptors (Lipinski definition) is 3. The van der Waals surface area contributed by atoms with Crippen molar-refractivity contribution in [3.63, 3.8) is 0 Å². The maximum Gasteiger partial charge on any atom is 0.261 e. The van der Waals surface area contributed by atoms with E-state index in [0.29, 0.717) is 6.54 Å². The van der Waals surface area contributed by atoms with Gasteiger partial charge in [0.25, 0.3) is 15.0 Å². The summed E-state index contributed by atoms with van der Waals surface area (Å²) in [5, 5.41) is 0. The number of benzene rings is 1. The Labute approximate surface area is 110 Å². The Balaban J connectivity index is 3.20. The molecule has 0 spiro atoms. The minimum atomic E-state index is -3.98. The third-order valence-corrected chi connectivity index (χ3v) is 3.71. The molecule has 4 nitrogen and oxygen atoms in total. The van der Waals surface area contributed by atoms with Gasteiger partial charge in [-0.05, 0) is 24.6 Å². The summed E-state index contributed by atoms with van der Waals surface area (Å²) in [6.07, 6.45) is 0.720. The van der Waals surface area contributed by atoms with Crippen LogP contribution in [0, 0.1) is 5.82 Å². The summed E-state index contributed by atoms with van der Waals surface area (Å²) in [7, 11) is 2.70. The molecule has 100 valence electrons. The average Bonchev–Trinajstić information content (AvgIpc) is 2.27. The molecule has 0 aliphatic carbocycles. The van der Waals surface area contributed by atoms with E-state index in [1.54, 1.807) is 0 Å². The smallest absolute Gasteiger partial charge is 0.261 e. The first kappa shape index (κ1) is 14.9. The molecule has 0 aromatic heterocycles. The molecular formula is C11H13ClFNO3S. The van der Waals surface area contributed by atoms with Gasteiger partial charge in [0.05, 0.1) is 10.5 Å². The Morgan fingerprint density at radius 2 is 2.06 bits per heavy atom. The Kier molecular flexibility index (Phi) is 4.70. The summed E-state index contributed by atoms with van der Waals surface area (Å²) in [5.74, 6) is -1.34. The maximum atomic E-state index is 13.5. The molecule has 18 heavy (non-hydrogen) atoms. The van der Waals surface area contributed by atoms with Crippen molar-refractivity contribution in [3.05, 3.63) is 29.6 Å². The highest BCUT2D eigenvalue weighted by Crippen LogP contribution is 2.19. The lowest BCUT2D eigenvalue weighted by atomic mass is 10.2. The molecule has 0 aliphatic rings. The topological polar surface area (TPSA) is 54.5 Å². The van der Waals surface area contributed by atoms with Crippen molar-refractivity contribution in [1.29, 1.82) is 0 Å².